The second-order valence-corrected chi connectivity index (χ2v) is 6.36. The van der Waals surface area contributed by atoms with Gasteiger partial charge in [-0.2, -0.15) is 0 Å². The molecule has 1 aliphatic heterocycles. The van der Waals surface area contributed by atoms with E-state index in [4.69, 9.17) is 5.73 Å². The maximum atomic E-state index is 13.3. The predicted molar refractivity (Wildman–Crippen MR) is 107 cm³/mol. The molecule has 0 spiro atoms. The smallest absolute Gasteiger partial charge is 0.253 e. The lowest BCUT2D eigenvalue weighted by Crippen LogP contribution is -2.44. The van der Waals surface area contributed by atoms with Gasteiger partial charge in [-0.15, -0.1) is 24.8 Å². The first kappa shape index (κ1) is 23.1. The molecule has 2 aromatic carbocycles. The van der Waals surface area contributed by atoms with Crippen LogP contribution >= 0.6 is 24.8 Å². The number of nitrogen functional groups attached to an aromatic ring is 1. The molecule has 3 N–H and O–H groups in total. The molecular weight excluding hydrogens is 395 g/mol. The van der Waals surface area contributed by atoms with Gasteiger partial charge in [0.05, 0.1) is 5.56 Å². The summed E-state index contributed by atoms with van der Waals surface area (Å²) in [5, 5.41) is 3.02. The lowest BCUT2D eigenvalue weighted by Gasteiger charge is -2.32. The van der Waals surface area contributed by atoms with Crippen LogP contribution in [0, 0.1) is 11.6 Å². The summed E-state index contributed by atoms with van der Waals surface area (Å²) in [7, 11) is 0. The third-order valence-electron chi connectivity index (χ3n) is 4.52. The molecule has 1 fully saturated rings. The van der Waals surface area contributed by atoms with E-state index >= 15 is 0 Å². The maximum absolute atomic E-state index is 13.3. The van der Waals surface area contributed by atoms with E-state index in [-0.39, 0.29) is 36.8 Å². The zero-order valence-electron chi connectivity index (χ0n) is 14.7. The van der Waals surface area contributed by atoms with Crippen molar-refractivity contribution in [1.82, 2.24) is 10.2 Å². The van der Waals surface area contributed by atoms with Crippen LogP contribution in [0.4, 0.5) is 14.5 Å². The highest BCUT2D eigenvalue weighted by molar-refractivity contribution is 5.99. The first-order valence-electron chi connectivity index (χ1n) is 8.34. The Hall–Kier alpha value is -1.89. The Bertz CT molecular complexity index is 768. The van der Waals surface area contributed by atoms with E-state index in [1.165, 1.54) is 6.07 Å². The fourth-order valence-electron chi connectivity index (χ4n) is 3.10. The molecule has 27 heavy (non-hydrogen) atoms. The SMILES string of the molecule is Cl.Cl.Nc1ccccc1C(=O)NC1CCN(Cc2ccc(F)c(F)c2)CC1. The van der Waals surface area contributed by atoms with E-state index in [2.05, 4.69) is 10.2 Å². The zero-order valence-corrected chi connectivity index (χ0v) is 16.3. The Morgan fingerprint density at radius 2 is 1.74 bits per heavy atom. The molecule has 1 saturated heterocycles. The van der Waals surface area contributed by atoms with E-state index < -0.39 is 11.6 Å². The van der Waals surface area contributed by atoms with Crippen LogP contribution in [0.1, 0.15) is 28.8 Å². The van der Waals surface area contributed by atoms with Crippen LogP contribution in [0.2, 0.25) is 0 Å². The monoisotopic (exact) mass is 417 g/mol. The molecule has 0 aliphatic carbocycles. The molecular formula is C19H23Cl2F2N3O. The molecule has 1 heterocycles. The van der Waals surface area contributed by atoms with E-state index in [0.29, 0.717) is 17.8 Å². The molecule has 1 aliphatic rings. The third-order valence-corrected chi connectivity index (χ3v) is 4.52. The van der Waals surface area contributed by atoms with Crippen molar-refractivity contribution in [2.24, 2.45) is 0 Å². The van der Waals surface area contributed by atoms with E-state index in [1.54, 1.807) is 30.3 Å². The number of benzene rings is 2. The number of amides is 1. The van der Waals surface area contributed by atoms with E-state index in [1.807, 2.05) is 0 Å². The normalized spacial score (nSPS) is 14.7. The van der Waals surface area contributed by atoms with Crippen LogP contribution in [0.5, 0.6) is 0 Å². The summed E-state index contributed by atoms with van der Waals surface area (Å²) >= 11 is 0. The van der Waals surface area contributed by atoms with Crippen molar-refractivity contribution in [2.45, 2.75) is 25.4 Å². The Morgan fingerprint density at radius 1 is 1.07 bits per heavy atom. The minimum absolute atomic E-state index is 0. The fourth-order valence-corrected chi connectivity index (χ4v) is 3.10. The quantitative estimate of drug-likeness (QED) is 0.743. The number of hydrogen-bond donors (Lipinski definition) is 2. The molecule has 0 aromatic heterocycles. The number of rotatable bonds is 4. The lowest BCUT2D eigenvalue weighted by atomic mass is 10.0. The summed E-state index contributed by atoms with van der Waals surface area (Å²) in [5.74, 6) is -1.80. The van der Waals surface area contributed by atoms with Gasteiger partial charge in [-0.1, -0.05) is 18.2 Å². The summed E-state index contributed by atoms with van der Waals surface area (Å²) in [6.07, 6.45) is 1.62. The zero-order chi connectivity index (χ0) is 17.8. The number of anilines is 1. The first-order valence-corrected chi connectivity index (χ1v) is 8.34. The molecule has 4 nitrogen and oxygen atoms in total. The second kappa shape index (κ2) is 10.4. The van der Waals surface area contributed by atoms with Crippen molar-refractivity contribution in [1.29, 1.82) is 0 Å². The van der Waals surface area contributed by atoms with Gasteiger partial charge in [-0.25, -0.2) is 8.78 Å². The molecule has 8 heteroatoms. The van der Waals surface area contributed by atoms with Gasteiger partial charge >= 0.3 is 0 Å². The minimum atomic E-state index is -0.828. The van der Waals surface area contributed by atoms with Gasteiger partial charge in [0.15, 0.2) is 11.6 Å². The number of hydrogen-bond acceptors (Lipinski definition) is 3. The highest BCUT2D eigenvalue weighted by Gasteiger charge is 2.22. The van der Waals surface area contributed by atoms with Gasteiger partial charge in [0.2, 0.25) is 0 Å². The average Bonchev–Trinajstić information content (AvgIpc) is 2.60. The number of nitrogens with zero attached hydrogens (tertiary/aromatic N) is 1. The lowest BCUT2D eigenvalue weighted by molar-refractivity contribution is 0.0910. The Balaban J connectivity index is 0.00000182. The first-order chi connectivity index (χ1) is 12.0. The summed E-state index contributed by atoms with van der Waals surface area (Å²) < 4.78 is 26.3. The standard InChI is InChI=1S/C19H21F2N3O.2ClH/c20-16-6-5-13(11-17(16)21)12-24-9-7-14(8-10-24)23-19(25)15-3-1-2-4-18(15)22;;/h1-6,11,14H,7-10,12,22H2,(H,23,25);2*1H. The van der Waals surface area contributed by atoms with Gasteiger partial charge in [0.1, 0.15) is 0 Å². The van der Waals surface area contributed by atoms with Gasteiger partial charge < -0.3 is 11.1 Å². The minimum Gasteiger partial charge on any atom is -0.398 e. The molecule has 0 atom stereocenters. The molecule has 0 radical (unpaired) electrons. The van der Waals surface area contributed by atoms with Gasteiger partial charge in [-0.3, -0.25) is 9.69 Å². The Labute approximate surface area is 169 Å². The van der Waals surface area contributed by atoms with Crippen molar-refractivity contribution >= 4 is 36.4 Å². The number of nitrogens with one attached hydrogen (secondary N) is 1. The van der Waals surface area contributed by atoms with Crippen molar-refractivity contribution in [2.75, 3.05) is 18.8 Å². The fraction of sp³-hybridized carbons (Fsp3) is 0.316. The van der Waals surface area contributed by atoms with Gasteiger partial charge in [-0.05, 0) is 42.7 Å². The summed E-state index contributed by atoms with van der Waals surface area (Å²) in [6, 6.07) is 11.1. The summed E-state index contributed by atoms with van der Waals surface area (Å²) in [4.78, 5) is 14.5. The number of likely N-dealkylation sites (tertiary alicyclic amines) is 1. The number of carbonyl (C=O) groups is 1. The molecule has 0 unspecified atom stereocenters. The van der Waals surface area contributed by atoms with Crippen LogP contribution in [-0.4, -0.2) is 29.9 Å². The summed E-state index contributed by atoms with van der Waals surface area (Å²) in [6.45, 7) is 2.14. The molecule has 0 bridgehead atoms. The largest absolute Gasteiger partial charge is 0.398 e. The van der Waals surface area contributed by atoms with Crippen molar-refractivity contribution in [3.63, 3.8) is 0 Å². The Kier molecular flexibility index (Phi) is 8.96. The molecule has 148 valence electrons. The van der Waals surface area contributed by atoms with Gasteiger partial charge in [0, 0.05) is 31.4 Å². The number of piperidine rings is 1. The van der Waals surface area contributed by atoms with Gasteiger partial charge in [0.25, 0.3) is 5.91 Å². The average molecular weight is 418 g/mol. The number of carbonyl (C=O) groups excluding carboxylic acids is 1. The van der Waals surface area contributed by atoms with E-state index in [9.17, 15) is 13.6 Å². The third kappa shape index (κ3) is 6.06. The summed E-state index contributed by atoms with van der Waals surface area (Å²) in [5.41, 5.74) is 7.54. The van der Waals surface area contributed by atoms with E-state index in [0.717, 1.165) is 37.6 Å². The molecule has 1 amide bonds. The number of para-hydroxylation sites is 1. The van der Waals surface area contributed by atoms with Crippen molar-refractivity contribution in [3.05, 3.63) is 65.2 Å². The number of nitrogens with two attached hydrogens (primary N) is 1. The molecule has 2 aromatic rings. The van der Waals surface area contributed by atoms with Crippen molar-refractivity contribution < 1.29 is 13.6 Å². The Morgan fingerprint density at radius 3 is 2.37 bits per heavy atom. The van der Waals surface area contributed by atoms with Crippen LogP contribution in [0.25, 0.3) is 0 Å². The van der Waals surface area contributed by atoms with Crippen LogP contribution < -0.4 is 11.1 Å². The van der Waals surface area contributed by atoms with Crippen LogP contribution in [0.15, 0.2) is 42.5 Å². The molecule has 3 rings (SSSR count). The predicted octanol–water partition coefficient (Wildman–Crippen LogP) is 3.79. The molecule has 0 saturated carbocycles. The maximum Gasteiger partial charge on any atom is 0.253 e. The van der Waals surface area contributed by atoms with Crippen LogP contribution in [0.3, 0.4) is 0 Å². The van der Waals surface area contributed by atoms with Crippen LogP contribution in [-0.2, 0) is 6.54 Å². The highest BCUT2D eigenvalue weighted by Crippen LogP contribution is 2.17. The van der Waals surface area contributed by atoms with Crippen molar-refractivity contribution in [3.8, 4) is 0 Å². The topological polar surface area (TPSA) is 58.4 Å². The number of halogens is 4. The highest BCUT2D eigenvalue weighted by atomic mass is 35.5. The second-order valence-electron chi connectivity index (χ2n) is 6.36.